The van der Waals surface area contributed by atoms with Crippen molar-refractivity contribution in [2.24, 2.45) is 23.5 Å². The maximum absolute atomic E-state index is 14.3. The van der Waals surface area contributed by atoms with Crippen LogP contribution in [0.2, 0.25) is 0 Å². The number of anilines is 1. The minimum absolute atomic E-state index is 0. The minimum Gasteiger partial charge on any atom is -0.480 e. The fourth-order valence-corrected chi connectivity index (χ4v) is 18.7. The number of amides is 6. The summed E-state index contributed by atoms with van der Waals surface area (Å²) in [5, 5.41) is 39.1. The number of unbranched alkanes of at least 4 members (excludes halogenated alkanes) is 4. The number of fused-ring (bicyclic) bond motifs is 6. The number of carboxylic acid groups (broad SMARTS) is 3. The van der Waals surface area contributed by atoms with Crippen LogP contribution in [0, 0.1) is 65.1 Å². The Hall–Kier alpha value is -7.92. The Bertz CT molecular complexity index is 4940. The first-order chi connectivity index (χ1) is 56.6. The van der Waals surface area contributed by atoms with Gasteiger partial charge in [0, 0.05) is 197 Å². The molecular weight excluding hydrogens is 1780 g/mol. The van der Waals surface area contributed by atoms with Crippen LogP contribution in [-0.4, -0.2) is 271 Å². The van der Waals surface area contributed by atoms with E-state index >= 15 is 0 Å². The number of aliphatic carboxylic acids is 3. The van der Waals surface area contributed by atoms with Crippen LogP contribution < -0.4 is 26.6 Å². The molecular formula is C85H119GdN11O22S3. The van der Waals surface area contributed by atoms with Crippen molar-refractivity contribution >= 4 is 128 Å². The molecule has 122 heavy (non-hydrogen) atoms. The van der Waals surface area contributed by atoms with Crippen molar-refractivity contribution in [3.63, 3.8) is 0 Å². The van der Waals surface area contributed by atoms with Gasteiger partial charge in [0.25, 0.3) is 42.2 Å². The van der Waals surface area contributed by atoms with Crippen molar-refractivity contribution in [2.75, 3.05) is 116 Å². The van der Waals surface area contributed by atoms with E-state index in [1.165, 1.54) is 48.2 Å². The Morgan fingerprint density at radius 1 is 0.598 bits per heavy atom. The van der Waals surface area contributed by atoms with Crippen molar-refractivity contribution in [2.45, 2.75) is 182 Å². The predicted octanol–water partition coefficient (Wildman–Crippen LogP) is 6.88. The summed E-state index contributed by atoms with van der Waals surface area (Å²) in [4.78, 5) is 138. The van der Waals surface area contributed by atoms with E-state index in [0.717, 1.165) is 44.7 Å². The number of carbonyl (C=O) groups is 10. The molecule has 1 saturated heterocycles. The first-order valence-electron chi connectivity index (χ1n) is 41.2. The van der Waals surface area contributed by atoms with Gasteiger partial charge in [-0.2, -0.15) is 29.8 Å². The third-order valence-corrected chi connectivity index (χ3v) is 26.8. The van der Waals surface area contributed by atoms with Gasteiger partial charge in [-0.3, -0.25) is 86.1 Å². The van der Waals surface area contributed by atoms with Gasteiger partial charge in [-0.1, -0.05) is 57.0 Å². The molecule has 5 aliphatic rings. The van der Waals surface area contributed by atoms with E-state index in [1.54, 1.807) is 37.8 Å². The molecule has 0 spiro atoms. The molecule has 0 aromatic heterocycles. The fraction of sp³-hybridized carbons (Fsp3) is 0.553. The molecule has 1 unspecified atom stereocenters. The number of nitrogens with zero attached hydrogens (tertiary/aromatic N) is 7. The topological polar surface area (TPSA) is 479 Å². The zero-order valence-corrected chi connectivity index (χ0v) is 75.0. The second-order valence-corrected chi connectivity index (χ2v) is 37.9. The Morgan fingerprint density at radius 2 is 1.11 bits per heavy atom. The van der Waals surface area contributed by atoms with E-state index in [-0.39, 0.29) is 235 Å². The third kappa shape index (κ3) is 28.0. The second kappa shape index (κ2) is 45.3. The van der Waals surface area contributed by atoms with E-state index in [4.69, 9.17) is 5.73 Å². The van der Waals surface area contributed by atoms with E-state index in [9.17, 15) is 102 Å². The van der Waals surface area contributed by atoms with E-state index in [1.807, 2.05) is 30.4 Å². The monoisotopic (exact) mass is 1900 g/mol. The molecule has 2 fully saturated rings. The first kappa shape index (κ1) is 101. The number of allylic oxidation sites excluding steroid dienone is 4. The average molecular weight is 1900 g/mol. The van der Waals surface area contributed by atoms with Crippen molar-refractivity contribution in [3.05, 3.63) is 115 Å². The van der Waals surface area contributed by atoms with Crippen LogP contribution in [0.3, 0.4) is 0 Å². The maximum atomic E-state index is 14.3. The van der Waals surface area contributed by atoms with Gasteiger partial charge in [0.05, 0.1) is 46.6 Å². The van der Waals surface area contributed by atoms with Crippen LogP contribution in [0.25, 0.3) is 21.5 Å². The first-order valence-corrected chi connectivity index (χ1v) is 45.6. The molecule has 33 nitrogen and oxygen atoms in total. The van der Waals surface area contributed by atoms with Gasteiger partial charge in [0.1, 0.15) is 18.4 Å². The van der Waals surface area contributed by atoms with E-state index in [0.29, 0.717) is 101 Å². The number of Topliss-reactive ketones (excluding diaryl/α,β-unsaturated/α-hetero) is 1. The van der Waals surface area contributed by atoms with Gasteiger partial charge >= 0.3 is 17.9 Å². The number of ketones is 1. The second-order valence-electron chi connectivity index (χ2n) is 33.2. The molecule has 1 aliphatic carbocycles. The molecule has 4 aromatic carbocycles. The Balaban J connectivity index is 0.0000102. The molecule has 1 saturated carbocycles. The number of rotatable bonds is 42. The number of benzene rings is 4. The van der Waals surface area contributed by atoms with E-state index in [2.05, 4.69) is 59.2 Å². The summed E-state index contributed by atoms with van der Waals surface area (Å²) in [6.45, 7) is 11.9. The number of nitrogens with two attached hydrogens (primary N) is 1. The number of hydrogen-bond acceptors (Lipinski definition) is 21. The number of nitrogens with one attached hydrogen (secondary N) is 3. The Morgan fingerprint density at radius 3 is 1.62 bits per heavy atom. The normalized spacial score (nSPS) is 19.3. The molecule has 672 valence electrons. The van der Waals surface area contributed by atoms with Crippen LogP contribution in [0.1, 0.15) is 161 Å². The smallest absolute Gasteiger partial charge is 0.317 e. The van der Waals surface area contributed by atoms with Crippen LogP contribution in [-0.2, 0) is 89.1 Å². The van der Waals surface area contributed by atoms with Crippen molar-refractivity contribution < 1.29 is 147 Å². The largest absolute Gasteiger partial charge is 0.480 e. The van der Waals surface area contributed by atoms with Crippen LogP contribution >= 0.6 is 0 Å². The minimum atomic E-state index is -4.52. The Labute approximate surface area is 746 Å². The van der Waals surface area contributed by atoms with Crippen molar-refractivity contribution in [3.8, 4) is 0 Å². The third-order valence-electron chi connectivity index (χ3n) is 23.9. The van der Waals surface area contributed by atoms with Gasteiger partial charge in [0.2, 0.25) is 29.3 Å². The van der Waals surface area contributed by atoms with Gasteiger partial charge in [0.15, 0.2) is 5.71 Å². The van der Waals surface area contributed by atoms with Gasteiger partial charge < -0.3 is 49.3 Å². The summed E-state index contributed by atoms with van der Waals surface area (Å²) in [6, 6.07) is 15.2. The molecule has 0 bridgehead atoms. The van der Waals surface area contributed by atoms with Crippen LogP contribution in [0.15, 0.2) is 107 Å². The molecule has 37 heteroatoms. The van der Waals surface area contributed by atoms with E-state index < -0.39 is 88.1 Å². The standard InChI is InChI=1S/C84H115N11O22S3.CH3.Gd/c1-56(118(109,110)111)35-39-94-68-32-26-60-49-63(120(115,116)117)28-30-65(60)80(68)84(4,5)71(94)19-9-6-8-18-70-83(2,3)79-64-29-27-62(119(112,113)114)48-59(64)25-31-67(79)93(70)38-15-7-10-20-72(97)86-36-13-11-16-61(50-69(96)58-23-21-57(22-24-58)51-95-74(99)33-34-75(95)100)82(108)88-66(81(85)107)17-12-14-37-87-73(98)52-89-40-42-90(53-76(101)102)44-46-92(55-78(105)106)47-45-91(43-41-89)54-77(103)104;;/h6,8,18,25-34,48-49,56-58,61,66H,7,9-17,19-24,35-47,50-55H2,1-5H3,(H10-,85,86,87,88,97,98,101,102,103,104,105,106,107,108,109,110,111,112,113,114,115,116,117);1H3;/q;-1;/p+1/b8-6+,70-18+;;/t56?,57?,58?,61-,66-;;/m0../s1. The molecule has 9 rings (SSSR count). The number of primary amides is 1. The number of hydrogen-bond donors (Lipinski definition) is 10. The SMILES string of the molecule is CC(CC[N+]1=C(CC/C=C/C=C2/N(CCCCCC(=O)NCCCC[C@@H](CC(=O)C3CCC(CN4C(=O)C=CC4=O)CC3)C(=O)N[C@@H](CCCCNC(=O)CN3CCN(CC(=O)O)CCN(CC(=O)O)CCN(CC(=O)O)CC3)C(N)=O)c3ccc4cc(S(=O)(=O)O)ccc4c3C2(C)C)C(C)(C)c2c1ccc1cc(S(=O)(=O)O)ccc21)S(=O)(=O)O.[CH3-].[Gd]. The van der Waals surface area contributed by atoms with Crippen molar-refractivity contribution in [1.29, 1.82) is 0 Å². The summed E-state index contributed by atoms with van der Waals surface area (Å²) in [5.74, 6) is -7.29. The number of imide groups is 1. The van der Waals surface area contributed by atoms with Gasteiger partial charge in [-0.15, -0.1) is 0 Å². The van der Waals surface area contributed by atoms with Gasteiger partial charge in [-0.25, -0.2) is 0 Å². The van der Waals surface area contributed by atoms with Crippen LogP contribution in [0.4, 0.5) is 11.4 Å². The zero-order chi connectivity index (χ0) is 87.6. The summed E-state index contributed by atoms with van der Waals surface area (Å²) >= 11 is 0. The zero-order valence-electron chi connectivity index (χ0n) is 70.3. The quantitative estimate of drug-likeness (QED) is 0.00710. The molecule has 3 atom stereocenters. The molecule has 11 N–H and O–H groups in total. The fourth-order valence-electron chi connectivity index (χ4n) is 17.2. The summed E-state index contributed by atoms with van der Waals surface area (Å²) in [7, 11) is -13.4. The van der Waals surface area contributed by atoms with Crippen LogP contribution in [0.5, 0.6) is 0 Å². The predicted molar refractivity (Wildman–Crippen MR) is 456 cm³/mol. The number of carboxylic acids is 3. The van der Waals surface area contributed by atoms with Crippen molar-refractivity contribution in [1.82, 2.24) is 40.4 Å². The summed E-state index contributed by atoms with van der Waals surface area (Å²) < 4.78 is 105. The molecule has 6 amide bonds. The summed E-state index contributed by atoms with van der Waals surface area (Å²) in [5.41, 5.74) is 10.0. The molecule has 0 radical (unpaired) electrons. The summed E-state index contributed by atoms with van der Waals surface area (Å²) in [6.07, 6.45) is 15.7. The molecule has 4 aliphatic heterocycles. The van der Waals surface area contributed by atoms with Gasteiger partial charge in [-0.05, 0) is 173 Å². The average Bonchev–Trinajstić information content (AvgIpc) is 1.57. The Kier molecular flexibility index (Phi) is 37.6. The number of carbonyl (C=O) groups excluding carboxylic acids is 7. The molecule has 4 aromatic rings. The maximum Gasteiger partial charge on any atom is 0.317 e. The molecule has 4 heterocycles.